The van der Waals surface area contributed by atoms with Crippen LogP contribution in [-0.4, -0.2) is 12.3 Å². The zero-order chi connectivity index (χ0) is 4.99. The Bertz CT molecular complexity index is 55.5. The molecule has 2 nitrogen and oxygen atoms in total. The number of rotatable bonds is 1. The minimum Gasteiger partial charge on any atom is -0.422 e. The highest BCUT2D eigenvalue weighted by Gasteiger charge is 1.88. The molecule has 0 amide bonds. The Labute approximate surface area is 38.8 Å². The lowest BCUT2D eigenvalue weighted by molar-refractivity contribution is 0.120. The lowest BCUT2D eigenvalue weighted by atomic mass is 11.4. The molecule has 0 rings (SSSR count). The van der Waals surface area contributed by atoms with Crippen LogP contribution in [0.1, 0.15) is 0 Å². The van der Waals surface area contributed by atoms with Gasteiger partial charge in [-0.05, 0) is 0 Å². The van der Waals surface area contributed by atoms with E-state index in [1.165, 1.54) is 0 Å². The number of carbonyl (C=O) groups excluding carboxylic acids is 1. The first kappa shape index (κ1) is 5.69. The van der Waals surface area contributed by atoms with Crippen LogP contribution in [0.2, 0.25) is 0 Å². The third-order valence-corrected chi connectivity index (χ3v) is 0.277. The summed E-state index contributed by atoms with van der Waals surface area (Å²) >= 11 is 4.48. The first-order chi connectivity index (χ1) is 2.77. The van der Waals surface area contributed by atoms with Gasteiger partial charge in [-0.3, -0.25) is 0 Å². The summed E-state index contributed by atoms with van der Waals surface area (Å²) in [5, 5.41) is 0. The molecule has 0 saturated carbocycles. The predicted octanol–water partition coefficient (Wildman–Crippen LogP) is 1.29. The minimum atomic E-state index is -1.15. The van der Waals surface area contributed by atoms with E-state index < -0.39 is 12.3 Å². The van der Waals surface area contributed by atoms with Crippen LogP contribution in [0.5, 0.6) is 0 Å². The maximum atomic E-state index is 10.7. The van der Waals surface area contributed by atoms with Gasteiger partial charge in [0, 0.05) is 11.6 Å². The van der Waals surface area contributed by atoms with Crippen molar-refractivity contribution < 1.29 is 13.9 Å². The fourth-order valence-corrected chi connectivity index (χ4v) is 0.0841. The van der Waals surface area contributed by atoms with Gasteiger partial charge >= 0.3 is 5.43 Å². The zero-order valence-corrected chi connectivity index (χ0v) is 3.54. The highest BCUT2D eigenvalue weighted by molar-refractivity contribution is 6.61. The number of alkyl halides is 1. The van der Waals surface area contributed by atoms with Gasteiger partial charge < -0.3 is 4.74 Å². The Hall–Kier alpha value is -0.310. The molecule has 0 aromatic carbocycles. The largest absolute Gasteiger partial charge is 0.422 e. The molecule has 4 heteroatoms. The topological polar surface area (TPSA) is 26.3 Å². The smallest absolute Gasteiger partial charge is 0.406 e. The van der Waals surface area contributed by atoms with E-state index >= 15 is 0 Å². The second-order valence-electron chi connectivity index (χ2n) is 0.491. The summed E-state index contributed by atoms with van der Waals surface area (Å²) in [6.45, 7) is -1.15. The summed E-state index contributed by atoms with van der Waals surface area (Å²) in [4.78, 5) is 9.35. The maximum Gasteiger partial charge on any atom is 0.406 e. The van der Waals surface area contributed by atoms with Crippen LogP contribution in [0.3, 0.4) is 0 Å². The molecule has 0 aliphatic carbocycles. The third kappa shape index (κ3) is 3.69. The van der Waals surface area contributed by atoms with E-state index in [1.807, 2.05) is 0 Å². The van der Waals surface area contributed by atoms with Crippen LogP contribution in [0.15, 0.2) is 0 Å². The van der Waals surface area contributed by atoms with Gasteiger partial charge in [0.05, 0.1) is 0 Å². The van der Waals surface area contributed by atoms with E-state index in [1.54, 1.807) is 0 Å². The van der Waals surface area contributed by atoms with Crippen molar-refractivity contribution in [3.63, 3.8) is 0 Å². The van der Waals surface area contributed by atoms with Crippen LogP contribution in [0, 0.1) is 0 Å². The van der Waals surface area contributed by atoms with Gasteiger partial charge in [0.2, 0.25) is 6.86 Å². The first-order valence-electron chi connectivity index (χ1n) is 1.15. The fourth-order valence-electron chi connectivity index (χ4n) is 0.0429. The van der Waals surface area contributed by atoms with Gasteiger partial charge in [0.1, 0.15) is 0 Å². The standard InChI is InChI=1S/C2H2ClFO2/c3-2(5)6-1-4/h1H2. The number of hydrogen-bond donors (Lipinski definition) is 0. The maximum absolute atomic E-state index is 10.7. The molecule has 0 heterocycles. The number of hydrogen-bond acceptors (Lipinski definition) is 2. The van der Waals surface area contributed by atoms with Crippen LogP contribution < -0.4 is 0 Å². The number of halogens is 2. The van der Waals surface area contributed by atoms with Crippen molar-refractivity contribution in [2.45, 2.75) is 0 Å². The molecular weight excluding hydrogens is 110 g/mol. The van der Waals surface area contributed by atoms with E-state index in [-0.39, 0.29) is 0 Å². The molecule has 0 aliphatic heterocycles. The lowest BCUT2D eigenvalue weighted by Crippen LogP contribution is -1.88. The van der Waals surface area contributed by atoms with Crippen molar-refractivity contribution in [1.82, 2.24) is 0 Å². The quantitative estimate of drug-likeness (QED) is 0.478. The van der Waals surface area contributed by atoms with Gasteiger partial charge in [-0.2, -0.15) is 0 Å². The SMILES string of the molecule is O=C(Cl)OCF. The van der Waals surface area contributed by atoms with Gasteiger partial charge in [0.25, 0.3) is 0 Å². The molecule has 0 aromatic rings. The van der Waals surface area contributed by atoms with Gasteiger partial charge in [-0.25, -0.2) is 9.18 Å². The monoisotopic (exact) mass is 112 g/mol. The van der Waals surface area contributed by atoms with Crippen LogP contribution in [-0.2, 0) is 4.74 Å². The molecule has 0 aliphatic rings. The third-order valence-electron chi connectivity index (χ3n) is 0.168. The molecule has 0 atom stereocenters. The second-order valence-corrected chi connectivity index (χ2v) is 0.800. The summed E-state index contributed by atoms with van der Waals surface area (Å²) in [6.07, 6.45) is 0. The summed E-state index contributed by atoms with van der Waals surface area (Å²) < 4.78 is 14.2. The highest BCUT2D eigenvalue weighted by Crippen LogP contribution is 1.84. The van der Waals surface area contributed by atoms with Gasteiger partial charge in [-0.1, -0.05) is 0 Å². The van der Waals surface area contributed by atoms with Gasteiger partial charge in [0.15, 0.2) is 0 Å². The average molecular weight is 112 g/mol. The van der Waals surface area contributed by atoms with Gasteiger partial charge in [-0.15, -0.1) is 0 Å². The molecular formula is C2H2ClFO2. The number of ether oxygens (including phenoxy) is 1. The van der Waals surface area contributed by atoms with E-state index in [0.717, 1.165) is 0 Å². The Morgan fingerprint density at radius 3 is 2.50 bits per heavy atom. The molecule has 36 valence electrons. The second kappa shape index (κ2) is 2.90. The van der Waals surface area contributed by atoms with E-state index in [9.17, 15) is 9.18 Å². The summed E-state index contributed by atoms with van der Waals surface area (Å²) in [6, 6.07) is 0. The fraction of sp³-hybridized carbons (Fsp3) is 0.500. The van der Waals surface area contributed by atoms with Crippen molar-refractivity contribution in [2.75, 3.05) is 6.86 Å². The zero-order valence-electron chi connectivity index (χ0n) is 2.78. The van der Waals surface area contributed by atoms with Crippen molar-refractivity contribution in [2.24, 2.45) is 0 Å². The molecule has 0 aromatic heterocycles. The summed E-state index contributed by atoms with van der Waals surface area (Å²) in [5.74, 6) is 0. The lowest BCUT2D eigenvalue weighted by Gasteiger charge is -1.83. The summed E-state index contributed by atoms with van der Waals surface area (Å²) in [7, 11) is 0. The van der Waals surface area contributed by atoms with E-state index in [0.29, 0.717) is 0 Å². The van der Waals surface area contributed by atoms with Crippen molar-refractivity contribution in [3.05, 3.63) is 0 Å². The van der Waals surface area contributed by atoms with Crippen LogP contribution in [0.4, 0.5) is 9.18 Å². The minimum absolute atomic E-state index is 1.11. The molecule has 0 unspecified atom stereocenters. The molecule has 0 spiro atoms. The Kier molecular flexibility index (Phi) is 2.75. The van der Waals surface area contributed by atoms with Crippen molar-refractivity contribution in [1.29, 1.82) is 0 Å². The Morgan fingerprint density at radius 2 is 2.50 bits per heavy atom. The number of carbonyl (C=O) groups is 1. The Balaban J connectivity index is 2.83. The molecule has 0 radical (unpaired) electrons. The average Bonchev–Trinajstić information content (AvgIpc) is 1.35. The normalized spacial score (nSPS) is 7.67. The van der Waals surface area contributed by atoms with Crippen LogP contribution >= 0.6 is 11.6 Å². The molecule has 0 fully saturated rings. The highest BCUT2D eigenvalue weighted by atomic mass is 35.5. The summed E-state index contributed by atoms with van der Waals surface area (Å²) in [5.41, 5.74) is -1.11. The molecule has 0 bridgehead atoms. The molecule has 0 saturated heterocycles. The Morgan fingerprint density at radius 1 is 2.00 bits per heavy atom. The first-order valence-corrected chi connectivity index (χ1v) is 1.53. The molecule has 0 N–H and O–H groups in total. The van der Waals surface area contributed by atoms with Crippen molar-refractivity contribution in [3.8, 4) is 0 Å². The predicted molar refractivity (Wildman–Crippen MR) is 18.3 cm³/mol. The van der Waals surface area contributed by atoms with E-state index in [4.69, 9.17) is 0 Å². The molecule has 6 heavy (non-hydrogen) atoms. The van der Waals surface area contributed by atoms with Crippen LogP contribution in [0.25, 0.3) is 0 Å². The van der Waals surface area contributed by atoms with Crippen molar-refractivity contribution >= 4 is 17.0 Å². The van der Waals surface area contributed by atoms with E-state index in [2.05, 4.69) is 16.3 Å².